The van der Waals surface area contributed by atoms with E-state index in [2.05, 4.69) is 10.3 Å². The van der Waals surface area contributed by atoms with Crippen molar-refractivity contribution in [2.24, 2.45) is 0 Å². The maximum Gasteiger partial charge on any atom is 0.278 e. The lowest BCUT2D eigenvalue weighted by molar-refractivity contribution is 0.882. The Morgan fingerprint density at radius 2 is 2.11 bits per heavy atom. The van der Waals surface area contributed by atoms with Gasteiger partial charge in [0.25, 0.3) is 5.56 Å². The summed E-state index contributed by atoms with van der Waals surface area (Å²) in [4.78, 5) is 16.4. The highest BCUT2D eigenvalue weighted by molar-refractivity contribution is 5.44. The Kier molecular flexibility index (Phi) is 3.46. The number of hydrogen-bond donors (Lipinski definition) is 1. The standard InChI is InChI=1S/C14H17N3O/c1-10(2)16-13-5-4-6-17(14(13)18)12-7-11(3)8-15-9-12/h4-10,16H,1-3H3. The normalized spacial score (nSPS) is 10.7. The Morgan fingerprint density at radius 3 is 2.78 bits per heavy atom. The van der Waals surface area contributed by atoms with Gasteiger partial charge in [-0.15, -0.1) is 0 Å². The van der Waals surface area contributed by atoms with Crippen LogP contribution in [-0.4, -0.2) is 15.6 Å². The zero-order valence-corrected chi connectivity index (χ0v) is 10.8. The van der Waals surface area contributed by atoms with Crippen LogP contribution >= 0.6 is 0 Å². The third kappa shape index (κ3) is 2.59. The van der Waals surface area contributed by atoms with E-state index in [1.165, 1.54) is 0 Å². The lowest BCUT2D eigenvalue weighted by atomic mass is 10.3. The Labute approximate surface area is 106 Å². The molecule has 0 atom stereocenters. The fourth-order valence-electron chi connectivity index (χ4n) is 1.79. The number of nitrogens with zero attached hydrogens (tertiary/aromatic N) is 2. The maximum absolute atomic E-state index is 12.3. The molecular formula is C14H17N3O. The van der Waals surface area contributed by atoms with E-state index < -0.39 is 0 Å². The van der Waals surface area contributed by atoms with Crippen molar-refractivity contribution >= 4 is 5.69 Å². The number of aromatic nitrogens is 2. The summed E-state index contributed by atoms with van der Waals surface area (Å²) in [5, 5.41) is 3.14. The van der Waals surface area contributed by atoms with Crippen LogP contribution in [0.15, 0.2) is 41.6 Å². The first-order chi connectivity index (χ1) is 8.58. The molecule has 0 aliphatic rings. The number of rotatable bonds is 3. The van der Waals surface area contributed by atoms with Gasteiger partial charge < -0.3 is 5.32 Å². The molecule has 4 nitrogen and oxygen atoms in total. The Morgan fingerprint density at radius 1 is 1.33 bits per heavy atom. The third-order valence-electron chi connectivity index (χ3n) is 2.53. The van der Waals surface area contributed by atoms with E-state index in [0.717, 1.165) is 11.3 Å². The molecule has 0 saturated carbocycles. The maximum atomic E-state index is 12.3. The zero-order valence-electron chi connectivity index (χ0n) is 10.8. The number of hydrogen-bond acceptors (Lipinski definition) is 3. The molecule has 0 saturated heterocycles. The van der Waals surface area contributed by atoms with Crippen LogP contribution in [0.5, 0.6) is 0 Å². The fourth-order valence-corrected chi connectivity index (χ4v) is 1.79. The van der Waals surface area contributed by atoms with Gasteiger partial charge in [-0.3, -0.25) is 14.3 Å². The summed E-state index contributed by atoms with van der Waals surface area (Å²) in [6.45, 7) is 5.97. The van der Waals surface area contributed by atoms with E-state index in [1.54, 1.807) is 29.2 Å². The van der Waals surface area contributed by atoms with Crippen LogP contribution in [0.3, 0.4) is 0 Å². The van der Waals surface area contributed by atoms with Crippen molar-refractivity contribution in [3.63, 3.8) is 0 Å². The van der Waals surface area contributed by atoms with Gasteiger partial charge in [0.05, 0.1) is 11.9 Å². The SMILES string of the molecule is Cc1cncc(-n2cccc(NC(C)C)c2=O)c1. The Hall–Kier alpha value is -2.10. The lowest BCUT2D eigenvalue weighted by Gasteiger charge is -2.12. The predicted molar refractivity (Wildman–Crippen MR) is 73.3 cm³/mol. The van der Waals surface area contributed by atoms with Gasteiger partial charge in [-0.05, 0) is 44.5 Å². The van der Waals surface area contributed by atoms with Gasteiger partial charge >= 0.3 is 0 Å². The van der Waals surface area contributed by atoms with Crippen molar-refractivity contribution < 1.29 is 0 Å². The second-order valence-corrected chi connectivity index (χ2v) is 4.62. The molecule has 18 heavy (non-hydrogen) atoms. The van der Waals surface area contributed by atoms with Gasteiger partial charge in [0.15, 0.2) is 0 Å². The van der Waals surface area contributed by atoms with Crippen LogP contribution < -0.4 is 10.9 Å². The average molecular weight is 243 g/mol. The van der Waals surface area contributed by atoms with E-state index in [4.69, 9.17) is 0 Å². The van der Waals surface area contributed by atoms with Crippen molar-refractivity contribution in [3.8, 4) is 5.69 Å². The topological polar surface area (TPSA) is 46.9 Å². The van der Waals surface area contributed by atoms with Crippen LogP contribution in [0.1, 0.15) is 19.4 Å². The van der Waals surface area contributed by atoms with E-state index in [-0.39, 0.29) is 11.6 Å². The number of anilines is 1. The largest absolute Gasteiger partial charge is 0.378 e. The molecule has 0 bridgehead atoms. The molecule has 0 aliphatic heterocycles. The first-order valence-electron chi connectivity index (χ1n) is 5.98. The summed E-state index contributed by atoms with van der Waals surface area (Å²) < 4.78 is 1.60. The second kappa shape index (κ2) is 5.04. The molecule has 0 fully saturated rings. The van der Waals surface area contributed by atoms with Crippen molar-refractivity contribution in [2.45, 2.75) is 26.8 Å². The molecule has 2 rings (SSSR count). The third-order valence-corrected chi connectivity index (χ3v) is 2.53. The van der Waals surface area contributed by atoms with Crippen LogP contribution in [0.4, 0.5) is 5.69 Å². The molecule has 2 heterocycles. The first kappa shape index (κ1) is 12.4. The molecule has 0 amide bonds. The summed E-state index contributed by atoms with van der Waals surface area (Å²) in [6, 6.07) is 5.81. The summed E-state index contributed by atoms with van der Waals surface area (Å²) in [7, 11) is 0. The van der Waals surface area contributed by atoms with Gasteiger partial charge in [0, 0.05) is 18.4 Å². The molecule has 2 aromatic heterocycles. The van der Waals surface area contributed by atoms with E-state index in [9.17, 15) is 4.79 Å². The smallest absolute Gasteiger partial charge is 0.278 e. The quantitative estimate of drug-likeness (QED) is 0.900. The minimum absolute atomic E-state index is 0.0569. The monoisotopic (exact) mass is 243 g/mol. The fraction of sp³-hybridized carbons (Fsp3) is 0.286. The van der Waals surface area contributed by atoms with Crippen molar-refractivity contribution in [3.05, 3.63) is 52.7 Å². The van der Waals surface area contributed by atoms with E-state index >= 15 is 0 Å². The highest BCUT2D eigenvalue weighted by atomic mass is 16.1. The molecule has 0 radical (unpaired) electrons. The van der Waals surface area contributed by atoms with Crippen molar-refractivity contribution in [2.75, 3.05) is 5.32 Å². The first-order valence-corrected chi connectivity index (χ1v) is 5.98. The molecular weight excluding hydrogens is 226 g/mol. The van der Waals surface area contributed by atoms with Crippen LogP contribution in [0.25, 0.3) is 5.69 Å². The Bertz CT molecular complexity index is 602. The van der Waals surface area contributed by atoms with Gasteiger partial charge in [-0.2, -0.15) is 0 Å². The van der Waals surface area contributed by atoms with Crippen LogP contribution in [0.2, 0.25) is 0 Å². The summed E-state index contributed by atoms with van der Waals surface area (Å²) in [6.07, 6.45) is 5.21. The van der Waals surface area contributed by atoms with E-state index in [1.807, 2.05) is 32.9 Å². The molecule has 4 heteroatoms. The van der Waals surface area contributed by atoms with Crippen molar-refractivity contribution in [1.29, 1.82) is 0 Å². The minimum atomic E-state index is -0.0569. The molecule has 0 aromatic carbocycles. The Balaban J connectivity index is 2.49. The van der Waals surface area contributed by atoms with Crippen molar-refractivity contribution in [1.82, 2.24) is 9.55 Å². The minimum Gasteiger partial charge on any atom is -0.378 e. The number of nitrogens with one attached hydrogen (secondary N) is 1. The van der Waals surface area contributed by atoms with Gasteiger partial charge in [0.1, 0.15) is 5.69 Å². The molecule has 0 aliphatic carbocycles. The van der Waals surface area contributed by atoms with Gasteiger partial charge in [-0.25, -0.2) is 0 Å². The molecule has 0 spiro atoms. The van der Waals surface area contributed by atoms with Gasteiger partial charge in [0.2, 0.25) is 0 Å². The lowest BCUT2D eigenvalue weighted by Crippen LogP contribution is -2.24. The van der Waals surface area contributed by atoms with Crippen LogP contribution in [0, 0.1) is 6.92 Å². The number of aryl methyl sites for hydroxylation is 1. The van der Waals surface area contributed by atoms with Gasteiger partial charge in [-0.1, -0.05) is 0 Å². The predicted octanol–water partition coefficient (Wildman–Crippen LogP) is 2.36. The highest BCUT2D eigenvalue weighted by Gasteiger charge is 2.06. The summed E-state index contributed by atoms with van der Waals surface area (Å²) in [5.41, 5.74) is 2.36. The molecule has 0 unspecified atom stereocenters. The average Bonchev–Trinajstić information content (AvgIpc) is 2.31. The molecule has 94 valence electrons. The second-order valence-electron chi connectivity index (χ2n) is 4.62. The summed E-state index contributed by atoms with van der Waals surface area (Å²) >= 11 is 0. The molecule has 2 aromatic rings. The summed E-state index contributed by atoms with van der Waals surface area (Å²) in [5.74, 6) is 0. The number of pyridine rings is 2. The van der Waals surface area contributed by atoms with Crippen LogP contribution in [-0.2, 0) is 0 Å². The molecule has 1 N–H and O–H groups in total. The zero-order chi connectivity index (χ0) is 13.1. The highest BCUT2D eigenvalue weighted by Crippen LogP contribution is 2.08. The van der Waals surface area contributed by atoms with E-state index in [0.29, 0.717) is 5.69 Å².